The van der Waals surface area contributed by atoms with Crippen molar-refractivity contribution in [2.24, 2.45) is 5.92 Å². The van der Waals surface area contributed by atoms with E-state index in [0.717, 1.165) is 38.2 Å². The van der Waals surface area contributed by atoms with Crippen molar-refractivity contribution < 1.29 is 17.9 Å². The maximum atomic E-state index is 12.5. The van der Waals surface area contributed by atoms with Crippen LogP contribution in [0, 0.1) is 5.92 Å². The van der Waals surface area contributed by atoms with E-state index in [9.17, 15) is 13.2 Å². The first-order valence-corrected chi connectivity index (χ1v) is 11.9. The Morgan fingerprint density at radius 2 is 2.04 bits per heavy atom. The van der Waals surface area contributed by atoms with Crippen molar-refractivity contribution in [3.05, 3.63) is 23.2 Å². The van der Waals surface area contributed by atoms with Crippen LogP contribution >= 0.6 is 11.6 Å². The van der Waals surface area contributed by atoms with Crippen LogP contribution in [0.15, 0.2) is 18.2 Å². The molecule has 0 radical (unpaired) electrons. The summed E-state index contributed by atoms with van der Waals surface area (Å²) in [7, 11) is -3.56. The number of sulfonamides is 1. The van der Waals surface area contributed by atoms with Gasteiger partial charge in [0.2, 0.25) is 10.0 Å². The van der Waals surface area contributed by atoms with Crippen molar-refractivity contribution in [2.45, 2.75) is 32.3 Å². The van der Waals surface area contributed by atoms with Crippen molar-refractivity contribution in [3.8, 4) is 5.75 Å². The van der Waals surface area contributed by atoms with Crippen LogP contribution in [0.5, 0.6) is 5.75 Å². The predicted molar refractivity (Wildman–Crippen MR) is 111 cm³/mol. The monoisotopic (exact) mass is 429 g/mol. The Balaban J connectivity index is 1.55. The number of hydrogen-bond donors (Lipinski definition) is 1. The Kier molecular flexibility index (Phi) is 6.73. The number of benzene rings is 1. The predicted octanol–water partition coefficient (Wildman–Crippen LogP) is 2.11. The highest BCUT2D eigenvalue weighted by Gasteiger charge is 2.35. The van der Waals surface area contributed by atoms with Gasteiger partial charge in [0.25, 0.3) is 5.91 Å². The molecule has 0 aromatic heterocycles. The molecular formula is C19H28ClN3O4S. The van der Waals surface area contributed by atoms with Gasteiger partial charge in [-0.05, 0) is 63.0 Å². The minimum Gasteiger partial charge on any atom is -0.476 e. The van der Waals surface area contributed by atoms with Crippen molar-refractivity contribution in [3.63, 3.8) is 0 Å². The van der Waals surface area contributed by atoms with Crippen LogP contribution in [0.4, 0.5) is 5.69 Å². The number of anilines is 1. The molecule has 0 aliphatic carbocycles. The van der Waals surface area contributed by atoms with Crippen LogP contribution in [0.2, 0.25) is 5.02 Å². The zero-order valence-electron chi connectivity index (χ0n) is 16.4. The molecular weight excluding hydrogens is 402 g/mol. The topological polar surface area (TPSA) is 79.0 Å². The smallest absolute Gasteiger partial charge is 0.263 e. The van der Waals surface area contributed by atoms with Gasteiger partial charge in [-0.15, -0.1) is 0 Å². The lowest BCUT2D eigenvalue weighted by atomic mass is 9.99. The number of hydrogen-bond acceptors (Lipinski definition) is 5. The number of carbonyl (C=O) groups excluding carboxylic acids is 1. The van der Waals surface area contributed by atoms with Crippen LogP contribution in [0.1, 0.15) is 26.2 Å². The Morgan fingerprint density at radius 3 is 2.71 bits per heavy atom. The third-order valence-corrected chi connectivity index (χ3v) is 6.69. The number of carbonyl (C=O) groups is 1. The normalized spacial score (nSPS) is 21.1. The lowest BCUT2D eigenvalue weighted by molar-refractivity contribution is -0.127. The third kappa shape index (κ3) is 5.30. The summed E-state index contributed by atoms with van der Waals surface area (Å²) in [5, 5.41) is 3.29. The molecule has 0 spiro atoms. The standard InChI is InChI=1S/C19H28ClN3O4S/c1-14-6-10-22(11-7-14)9-3-8-21-19(24)18-13-23(28(2,25)26)16-12-15(20)4-5-17(16)27-18/h4-5,12,14,18H,3,6-11,13H2,1-2H3,(H,21,24)/t18-/m1/s1. The number of fused-ring (bicyclic) bond motifs is 1. The summed E-state index contributed by atoms with van der Waals surface area (Å²) in [5.74, 6) is 0.833. The fourth-order valence-corrected chi connectivity index (χ4v) is 4.66. The molecule has 1 aromatic carbocycles. The number of nitrogens with one attached hydrogen (secondary N) is 1. The summed E-state index contributed by atoms with van der Waals surface area (Å²) < 4.78 is 31.3. The van der Waals surface area contributed by atoms with Crippen LogP contribution in [0.3, 0.4) is 0 Å². The van der Waals surface area contributed by atoms with E-state index in [2.05, 4.69) is 17.1 Å². The Hall–Kier alpha value is -1.51. The number of amides is 1. The number of rotatable bonds is 6. The van der Waals surface area contributed by atoms with Gasteiger partial charge in [0.05, 0.1) is 18.5 Å². The van der Waals surface area contributed by atoms with Gasteiger partial charge in [-0.1, -0.05) is 18.5 Å². The van der Waals surface area contributed by atoms with E-state index in [4.69, 9.17) is 16.3 Å². The molecule has 0 unspecified atom stereocenters. The molecule has 28 heavy (non-hydrogen) atoms. The highest BCUT2D eigenvalue weighted by molar-refractivity contribution is 7.92. The van der Waals surface area contributed by atoms with E-state index in [1.807, 2.05) is 0 Å². The molecule has 7 nitrogen and oxygen atoms in total. The highest BCUT2D eigenvalue weighted by Crippen LogP contribution is 2.37. The van der Waals surface area contributed by atoms with Gasteiger partial charge in [0.1, 0.15) is 5.75 Å². The highest BCUT2D eigenvalue weighted by atomic mass is 35.5. The van der Waals surface area contributed by atoms with Gasteiger partial charge < -0.3 is 15.0 Å². The second-order valence-corrected chi connectivity index (χ2v) is 10.0. The van der Waals surface area contributed by atoms with E-state index in [0.29, 0.717) is 23.0 Å². The fourth-order valence-electron chi connectivity index (χ4n) is 3.59. The second kappa shape index (κ2) is 8.88. The molecule has 1 atom stereocenters. The second-order valence-electron chi connectivity index (χ2n) is 7.68. The molecule has 1 saturated heterocycles. The van der Waals surface area contributed by atoms with E-state index >= 15 is 0 Å². The van der Waals surface area contributed by atoms with Crippen LogP contribution in [-0.2, 0) is 14.8 Å². The zero-order chi connectivity index (χ0) is 20.3. The lowest BCUT2D eigenvalue weighted by Gasteiger charge is -2.34. The molecule has 0 saturated carbocycles. The largest absolute Gasteiger partial charge is 0.476 e. The van der Waals surface area contributed by atoms with E-state index in [1.54, 1.807) is 12.1 Å². The average Bonchev–Trinajstić information content (AvgIpc) is 2.64. The first-order valence-electron chi connectivity index (χ1n) is 9.68. The Morgan fingerprint density at radius 1 is 1.32 bits per heavy atom. The van der Waals surface area contributed by atoms with Crippen LogP contribution in [-0.4, -0.2) is 64.3 Å². The molecule has 1 fully saturated rings. The van der Waals surface area contributed by atoms with Crippen LogP contribution < -0.4 is 14.4 Å². The van der Waals surface area contributed by atoms with Crippen LogP contribution in [0.25, 0.3) is 0 Å². The fraction of sp³-hybridized carbons (Fsp3) is 0.632. The van der Waals surface area contributed by atoms with Crippen molar-refractivity contribution in [2.75, 3.05) is 43.3 Å². The van der Waals surface area contributed by atoms with E-state index in [1.165, 1.54) is 23.2 Å². The van der Waals surface area contributed by atoms with Gasteiger partial charge in [-0.25, -0.2) is 8.42 Å². The quantitative estimate of drug-likeness (QED) is 0.700. The summed E-state index contributed by atoms with van der Waals surface area (Å²) in [6.45, 7) is 5.94. The minimum absolute atomic E-state index is 0.0674. The summed E-state index contributed by atoms with van der Waals surface area (Å²) in [6, 6.07) is 4.73. The summed E-state index contributed by atoms with van der Waals surface area (Å²) in [4.78, 5) is 15.0. The van der Waals surface area contributed by atoms with Gasteiger partial charge in [0, 0.05) is 11.6 Å². The summed E-state index contributed by atoms with van der Waals surface area (Å²) >= 11 is 5.99. The molecule has 2 aliphatic rings. The molecule has 3 rings (SSSR count). The summed E-state index contributed by atoms with van der Waals surface area (Å²) in [5.41, 5.74) is 0.360. The first-order chi connectivity index (χ1) is 13.2. The van der Waals surface area contributed by atoms with Gasteiger partial charge in [0.15, 0.2) is 6.10 Å². The molecule has 1 amide bonds. The van der Waals surface area contributed by atoms with E-state index < -0.39 is 16.1 Å². The maximum absolute atomic E-state index is 12.5. The van der Waals surface area contributed by atoms with Crippen molar-refractivity contribution >= 4 is 33.2 Å². The molecule has 2 aliphatic heterocycles. The molecule has 156 valence electrons. The molecule has 2 heterocycles. The maximum Gasteiger partial charge on any atom is 0.263 e. The van der Waals surface area contributed by atoms with Gasteiger partial charge in [-0.2, -0.15) is 0 Å². The number of piperidine rings is 1. The van der Waals surface area contributed by atoms with E-state index in [-0.39, 0.29) is 12.5 Å². The number of halogens is 1. The molecule has 0 bridgehead atoms. The molecule has 1 N–H and O–H groups in total. The Bertz CT molecular complexity index is 809. The average molecular weight is 430 g/mol. The van der Waals surface area contributed by atoms with Crippen molar-refractivity contribution in [1.82, 2.24) is 10.2 Å². The Labute approximate surface area is 172 Å². The minimum atomic E-state index is -3.56. The first kappa shape index (κ1) is 21.2. The number of likely N-dealkylation sites (tertiary alicyclic amines) is 1. The molecule has 9 heteroatoms. The third-order valence-electron chi connectivity index (χ3n) is 5.31. The zero-order valence-corrected chi connectivity index (χ0v) is 17.9. The lowest BCUT2D eigenvalue weighted by Crippen LogP contribution is -2.50. The van der Waals surface area contributed by atoms with Gasteiger partial charge >= 0.3 is 0 Å². The molecule has 1 aromatic rings. The number of nitrogens with zero attached hydrogens (tertiary/aromatic N) is 2. The van der Waals surface area contributed by atoms with Crippen molar-refractivity contribution in [1.29, 1.82) is 0 Å². The number of ether oxygens (including phenoxy) is 1. The SMILES string of the molecule is CC1CCN(CCCNC(=O)[C@H]2CN(S(C)(=O)=O)c3cc(Cl)ccc3O2)CC1. The van der Waals surface area contributed by atoms with Gasteiger partial charge in [-0.3, -0.25) is 9.10 Å². The summed E-state index contributed by atoms with van der Waals surface area (Å²) in [6.07, 6.45) is 3.53.